The SMILES string of the molecule is COCCCOC(=O)C1CNC(=O)CN1. The van der Waals surface area contributed by atoms with E-state index in [2.05, 4.69) is 10.6 Å². The van der Waals surface area contributed by atoms with Crippen LogP contribution in [0.2, 0.25) is 0 Å². The Kier molecular flexibility index (Phi) is 5.06. The van der Waals surface area contributed by atoms with Gasteiger partial charge in [0.25, 0.3) is 0 Å². The molecule has 0 bridgehead atoms. The number of hydrogen-bond donors (Lipinski definition) is 2. The van der Waals surface area contributed by atoms with Crippen LogP contribution in [-0.2, 0) is 19.1 Å². The average Bonchev–Trinajstić information content (AvgIpc) is 2.25. The van der Waals surface area contributed by atoms with E-state index in [0.717, 1.165) is 0 Å². The molecule has 6 nitrogen and oxygen atoms in total. The molecule has 0 saturated carbocycles. The second-order valence-corrected chi connectivity index (χ2v) is 3.25. The maximum atomic E-state index is 11.4. The van der Waals surface area contributed by atoms with E-state index >= 15 is 0 Å². The summed E-state index contributed by atoms with van der Waals surface area (Å²) >= 11 is 0. The van der Waals surface area contributed by atoms with Gasteiger partial charge in [0.2, 0.25) is 5.91 Å². The molecule has 2 N–H and O–H groups in total. The van der Waals surface area contributed by atoms with Crippen molar-refractivity contribution in [2.24, 2.45) is 0 Å². The molecule has 1 rings (SSSR count). The van der Waals surface area contributed by atoms with Crippen molar-refractivity contribution in [1.82, 2.24) is 10.6 Å². The first-order valence-electron chi connectivity index (χ1n) is 4.89. The number of ether oxygens (including phenoxy) is 2. The Morgan fingerprint density at radius 3 is 2.93 bits per heavy atom. The van der Waals surface area contributed by atoms with Crippen LogP contribution in [0.3, 0.4) is 0 Å². The zero-order chi connectivity index (χ0) is 11.1. The number of piperazine rings is 1. The lowest BCUT2D eigenvalue weighted by Gasteiger charge is -2.22. The molecule has 0 aromatic heterocycles. The van der Waals surface area contributed by atoms with Crippen molar-refractivity contribution in [3.8, 4) is 0 Å². The molecule has 1 aliphatic rings. The summed E-state index contributed by atoms with van der Waals surface area (Å²) in [6.45, 7) is 1.38. The Morgan fingerprint density at radius 2 is 2.33 bits per heavy atom. The second-order valence-electron chi connectivity index (χ2n) is 3.25. The van der Waals surface area contributed by atoms with Crippen molar-refractivity contribution in [3.05, 3.63) is 0 Å². The van der Waals surface area contributed by atoms with Crippen LogP contribution in [0.5, 0.6) is 0 Å². The molecule has 0 aromatic carbocycles. The lowest BCUT2D eigenvalue weighted by Crippen LogP contribution is -2.55. The molecule has 1 atom stereocenters. The molecular formula is C9H16N2O4. The molecule has 1 amide bonds. The van der Waals surface area contributed by atoms with Crippen LogP contribution in [0.4, 0.5) is 0 Å². The van der Waals surface area contributed by atoms with Crippen LogP contribution in [0.25, 0.3) is 0 Å². The third kappa shape index (κ3) is 4.26. The fraction of sp³-hybridized carbons (Fsp3) is 0.778. The van der Waals surface area contributed by atoms with Gasteiger partial charge in [0.1, 0.15) is 6.04 Å². The van der Waals surface area contributed by atoms with Crippen LogP contribution in [0.1, 0.15) is 6.42 Å². The van der Waals surface area contributed by atoms with Crippen LogP contribution in [0.15, 0.2) is 0 Å². The largest absolute Gasteiger partial charge is 0.464 e. The van der Waals surface area contributed by atoms with Gasteiger partial charge in [-0.15, -0.1) is 0 Å². The van der Waals surface area contributed by atoms with Crippen molar-refractivity contribution in [1.29, 1.82) is 0 Å². The van der Waals surface area contributed by atoms with E-state index in [9.17, 15) is 9.59 Å². The first kappa shape index (κ1) is 11.9. The van der Waals surface area contributed by atoms with E-state index in [4.69, 9.17) is 9.47 Å². The number of carbonyl (C=O) groups excluding carboxylic acids is 2. The number of hydrogen-bond acceptors (Lipinski definition) is 5. The molecule has 0 aliphatic carbocycles. The van der Waals surface area contributed by atoms with Gasteiger partial charge < -0.3 is 14.8 Å². The molecule has 15 heavy (non-hydrogen) atoms. The molecule has 1 unspecified atom stereocenters. The van der Waals surface area contributed by atoms with Crippen molar-refractivity contribution in [2.45, 2.75) is 12.5 Å². The lowest BCUT2D eigenvalue weighted by molar-refractivity contribution is -0.147. The molecule has 1 saturated heterocycles. The summed E-state index contributed by atoms with van der Waals surface area (Å²) in [6.07, 6.45) is 0.682. The van der Waals surface area contributed by atoms with Gasteiger partial charge in [-0.3, -0.25) is 14.9 Å². The summed E-state index contributed by atoms with van der Waals surface area (Å²) in [7, 11) is 1.60. The molecule has 1 aliphatic heterocycles. The van der Waals surface area contributed by atoms with Gasteiger partial charge in [0, 0.05) is 26.7 Å². The standard InChI is InChI=1S/C9H16N2O4/c1-14-3-2-4-15-9(13)7-5-11-8(12)6-10-7/h7,10H,2-6H2,1H3,(H,11,12). The number of carbonyl (C=O) groups is 2. The maximum Gasteiger partial charge on any atom is 0.324 e. The van der Waals surface area contributed by atoms with Crippen molar-refractivity contribution in [2.75, 3.05) is 33.4 Å². The Labute approximate surface area is 88.3 Å². The number of amides is 1. The van der Waals surface area contributed by atoms with E-state index in [1.165, 1.54) is 0 Å². The predicted molar refractivity (Wildman–Crippen MR) is 52.3 cm³/mol. The summed E-state index contributed by atoms with van der Waals surface area (Å²) in [4.78, 5) is 22.2. The minimum absolute atomic E-state index is 0.0987. The van der Waals surface area contributed by atoms with Crippen molar-refractivity contribution in [3.63, 3.8) is 0 Å². The van der Waals surface area contributed by atoms with Gasteiger partial charge in [-0.2, -0.15) is 0 Å². The first-order chi connectivity index (χ1) is 7.24. The maximum absolute atomic E-state index is 11.4. The highest BCUT2D eigenvalue weighted by Crippen LogP contribution is 1.94. The smallest absolute Gasteiger partial charge is 0.324 e. The topological polar surface area (TPSA) is 76.7 Å². The van der Waals surface area contributed by atoms with Crippen LogP contribution in [0, 0.1) is 0 Å². The first-order valence-corrected chi connectivity index (χ1v) is 4.89. The van der Waals surface area contributed by atoms with E-state index in [1.54, 1.807) is 7.11 Å². The summed E-state index contributed by atoms with van der Waals surface area (Å²) < 4.78 is 9.81. The van der Waals surface area contributed by atoms with E-state index in [1.807, 2.05) is 0 Å². The Morgan fingerprint density at radius 1 is 1.53 bits per heavy atom. The summed E-state index contributed by atoms with van der Waals surface area (Å²) in [6, 6.07) is -0.426. The highest BCUT2D eigenvalue weighted by molar-refractivity contribution is 5.83. The van der Waals surface area contributed by atoms with E-state index < -0.39 is 6.04 Å². The molecule has 0 spiro atoms. The van der Waals surface area contributed by atoms with Gasteiger partial charge in [0.15, 0.2) is 0 Å². The van der Waals surface area contributed by atoms with Gasteiger partial charge in [-0.25, -0.2) is 0 Å². The monoisotopic (exact) mass is 216 g/mol. The average molecular weight is 216 g/mol. The number of methoxy groups -OCH3 is 1. The number of rotatable bonds is 5. The molecular weight excluding hydrogens is 200 g/mol. The van der Waals surface area contributed by atoms with Gasteiger partial charge in [0.05, 0.1) is 13.2 Å². The normalized spacial score (nSPS) is 20.9. The van der Waals surface area contributed by atoms with E-state index in [-0.39, 0.29) is 18.4 Å². The van der Waals surface area contributed by atoms with Crippen molar-refractivity contribution >= 4 is 11.9 Å². The lowest BCUT2D eigenvalue weighted by atomic mass is 10.2. The fourth-order valence-electron chi connectivity index (χ4n) is 1.21. The zero-order valence-corrected chi connectivity index (χ0v) is 8.75. The van der Waals surface area contributed by atoms with Gasteiger partial charge >= 0.3 is 5.97 Å². The number of esters is 1. The minimum Gasteiger partial charge on any atom is -0.464 e. The molecule has 1 fully saturated rings. The molecule has 6 heteroatoms. The van der Waals surface area contributed by atoms with E-state index in [0.29, 0.717) is 26.2 Å². The van der Waals surface area contributed by atoms with Crippen LogP contribution in [-0.4, -0.2) is 51.3 Å². The Hall–Kier alpha value is -1.14. The minimum atomic E-state index is -0.426. The second kappa shape index (κ2) is 6.36. The third-order valence-corrected chi connectivity index (χ3v) is 2.03. The third-order valence-electron chi connectivity index (χ3n) is 2.03. The Balaban J connectivity index is 2.14. The number of nitrogens with one attached hydrogen (secondary N) is 2. The van der Waals surface area contributed by atoms with Crippen molar-refractivity contribution < 1.29 is 19.1 Å². The predicted octanol–water partition coefficient (Wildman–Crippen LogP) is -1.35. The van der Waals surface area contributed by atoms with Crippen LogP contribution >= 0.6 is 0 Å². The quantitative estimate of drug-likeness (QED) is 0.439. The summed E-state index contributed by atoms with van der Waals surface area (Å²) in [5.74, 6) is -0.426. The molecule has 86 valence electrons. The van der Waals surface area contributed by atoms with Gasteiger partial charge in [-0.05, 0) is 0 Å². The van der Waals surface area contributed by atoms with Crippen LogP contribution < -0.4 is 10.6 Å². The Bertz CT molecular complexity index is 222. The van der Waals surface area contributed by atoms with Gasteiger partial charge in [-0.1, -0.05) is 0 Å². The fourth-order valence-corrected chi connectivity index (χ4v) is 1.21. The summed E-state index contributed by atoms with van der Waals surface area (Å²) in [5, 5.41) is 5.38. The highest BCUT2D eigenvalue weighted by Gasteiger charge is 2.24. The molecule has 1 heterocycles. The molecule has 0 aromatic rings. The zero-order valence-electron chi connectivity index (χ0n) is 8.75. The summed E-state index contributed by atoms with van der Waals surface area (Å²) in [5.41, 5.74) is 0. The highest BCUT2D eigenvalue weighted by atomic mass is 16.5. The molecule has 0 radical (unpaired) electrons.